The number of aromatic nitrogens is 3. The molecular formula is C25H25N5O5. The molecule has 180 valence electrons. The summed E-state index contributed by atoms with van der Waals surface area (Å²) in [5, 5.41) is 1.34. The van der Waals surface area contributed by atoms with Crippen LogP contribution in [0.25, 0.3) is 22.3 Å². The van der Waals surface area contributed by atoms with Gasteiger partial charge < -0.3 is 14.5 Å². The number of carbonyl (C=O) groups is 3. The van der Waals surface area contributed by atoms with Gasteiger partial charge in [0.05, 0.1) is 41.2 Å². The Morgan fingerprint density at radius 1 is 1.03 bits per heavy atom. The molecule has 0 radical (unpaired) electrons. The van der Waals surface area contributed by atoms with Crippen LogP contribution in [0.3, 0.4) is 0 Å². The number of amides is 2. The number of anilines is 1. The van der Waals surface area contributed by atoms with E-state index < -0.39 is 17.8 Å². The van der Waals surface area contributed by atoms with E-state index in [9.17, 15) is 14.4 Å². The fourth-order valence-corrected chi connectivity index (χ4v) is 4.34. The Labute approximate surface area is 201 Å². The Morgan fingerprint density at radius 2 is 1.74 bits per heavy atom. The molecule has 2 fully saturated rings. The van der Waals surface area contributed by atoms with Crippen molar-refractivity contribution in [2.24, 2.45) is 0 Å². The Kier molecular flexibility index (Phi) is 6.12. The van der Waals surface area contributed by atoms with Crippen molar-refractivity contribution in [3.05, 3.63) is 48.3 Å². The third-order valence-electron chi connectivity index (χ3n) is 5.89. The van der Waals surface area contributed by atoms with Gasteiger partial charge in [-0.1, -0.05) is 6.07 Å². The topological polar surface area (TPSA) is 115 Å². The summed E-state index contributed by atoms with van der Waals surface area (Å²) in [5.74, 6) is -0.899. The highest BCUT2D eigenvalue weighted by Crippen LogP contribution is 2.24. The molecule has 0 unspecified atom stereocenters. The first-order valence-electron chi connectivity index (χ1n) is 11.6. The van der Waals surface area contributed by atoms with Crippen LogP contribution in [0.2, 0.25) is 0 Å². The lowest BCUT2D eigenvalue weighted by atomic mass is 10.1. The number of hydrogen-bond acceptors (Lipinski definition) is 9. The summed E-state index contributed by atoms with van der Waals surface area (Å²) in [6.07, 6.45) is 1.78. The van der Waals surface area contributed by atoms with Crippen LogP contribution in [0.15, 0.2) is 42.6 Å². The van der Waals surface area contributed by atoms with Crippen LogP contribution < -0.4 is 4.90 Å². The molecule has 2 saturated heterocycles. The monoisotopic (exact) mass is 475 g/mol. The predicted octanol–water partition coefficient (Wildman–Crippen LogP) is 2.46. The number of ether oxygens (including phenoxy) is 1. The number of imide groups is 1. The van der Waals surface area contributed by atoms with Crippen molar-refractivity contribution in [1.82, 2.24) is 20.0 Å². The Balaban J connectivity index is 1.35. The minimum atomic E-state index is -0.736. The van der Waals surface area contributed by atoms with Gasteiger partial charge >= 0.3 is 5.97 Å². The van der Waals surface area contributed by atoms with E-state index in [1.165, 1.54) is 0 Å². The smallest absolute Gasteiger partial charge is 0.339 e. The lowest BCUT2D eigenvalue weighted by Gasteiger charge is -2.36. The largest absolute Gasteiger partial charge is 0.372 e. The fraction of sp³-hybridized carbons (Fsp3) is 0.360. The molecule has 0 N–H and O–H groups in total. The zero-order valence-electron chi connectivity index (χ0n) is 19.5. The van der Waals surface area contributed by atoms with E-state index in [4.69, 9.17) is 19.5 Å². The van der Waals surface area contributed by atoms with Crippen molar-refractivity contribution < 1.29 is 24.0 Å². The molecule has 0 bridgehead atoms. The molecule has 10 heteroatoms. The second-order valence-corrected chi connectivity index (χ2v) is 8.83. The molecule has 2 aliphatic rings. The molecule has 5 rings (SSSR count). The number of morpholine rings is 1. The molecule has 3 aromatic heterocycles. The first kappa shape index (κ1) is 22.9. The van der Waals surface area contributed by atoms with Gasteiger partial charge in [0.25, 0.3) is 11.8 Å². The average molecular weight is 476 g/mol. The van der Waals surface area contributed by atoms with Gasteiger partial charge in [-0.15, -0.1) is 5.06 Å². The normalized spacial score (nSPS) is 20.5. The van der Waals surface area contributed by atoms with Gasteiger partial charge in [0.15, 0.2) is 0 Å². The average Bonchev–Trinajstić information content (AvgIpc) is 3.15. The Hall–Kier alpha value is -3.92. The molecule has 3 aromatic rings. The van der Waals surface area contributed by atoms with E-state index in [0.29, 0.717) is 22.0 Å². The Bertz CT molecular complexity index is 1290. The van der Waals surface area contributed by atoms with Crippen LogP contribution in [-0.4, -0.2) is 63.1 Å². The highest BCUT2D eigenvalue weighted by atomic mass is 16.7. The van der Waals surface area contributed by atoms with Gasteiger partial charge in [0.1, 0.15) is 5.82 Å². The molecule has 5 heterocycles. The van der Waals surface area contributed by atoms with Gasteiger partial charge in [-0.3, -0.25) is 14.6 Å². The lowest BCUT2D eigenvalue weighted by Crippen LogP contribution is -2.45. The van der Waals surface area contributed by atoms with Crippen molar-refractivity contribution in [3.63, 3.8) is 0 Å². The first-order valence-corrected chi connectivity index (χ1v) is 11.6. The van der Waals surface area contributed by atoms with Crippen LogP contribution in [0, 0.1) is 0 Å². The molecular weight excluding hydrogens is 450 g/mol. The van der Waals surface area contributed by atoms with E-state index in [2.05, 4.69) is 23.7 Å². The van der Waals surface area contributed by atoms with Crippen LogP contribution in [0.1, 0.15) is 32.4 Å². The van der Waals surface area contributed by atoms with Gasteiger partial charge in [0, 0.05) is 37.5 Å². The number of carbonyl (C=O) groups excluding carboxylic acids is 3. The number of hydrogen-bond donors (Lipinski definition) is 0. The third kappa shape index (κ3) is 4.97. The summed E-state index contributed by atoms with van der Waals surface area (Å²) >= 11 is 0. The summed E-state index contributed by atoms with van der Waals surface area (Å²) < 4.78 is 5.83. The van der Waals surface area contributed by atoms with Crippen molar-refractivity contribution >= 4 is 34.5 Å². The summed E-state index contributed by atoms with van der Waals surface area (Å²) in [6, 6.07) is 11.3. The van der Waals surface area contributed by atoms with Gasteiger partial charge in [-0.2, -0.15) is 0 Å². The van der Waals surface area contributed by atoms with Crippen LogP contribution in [0.5, 0.6) is 0 Å². The zero-order valence-corrected chi connectivity index (χ0v) is 19.5. The Morgan fingerprint density at radius 3 is 2.49 bits per heavy atom. The molecule has 10 nitrogen and oxygen atoms in total. The van der Waals surface area contributed by atoms with Crippen molar-refractivity contribution in [3.8, 4) is 11.4 Å². The number of fused-ring (bicyclic) bond motifs is 1. The van der Waals surface area contributed by atoms with E-state index in [1.54, 1.807) is 12.3 Å². The van der Waals surface area contributed by atoms with Gasteiger partial charge in [-0.25, -0.2) is 14.8 Å². The molecule has 35 heavy (non-hydrogen) atoms. The third-order valence-corrected chi connectivity index (χ3v) is 5.89. The highest BCUT2D eigenvalue weighted by molar-refractivity contribution is 6.01. The van der Waals surface area contributed by atoms with Crippen molar-refractivity contribution in [1.29, 1.82) is 0 Å². The molecule has 2 atom stereocenters. The molecule has 2 amide bonds. The number of rotatable bonds is 5. The van der Waals surface area contributed by atoms with E-state index >= 15 is 0 Å². The fourth-order valence-electron chi connectivity index (χ4n) is 4.34. The van der Waals surface area contributed by atoms with Crippen LogP contribution in [-0.2, 0) is 30.4 Å². The summed E-state index contributed by atoms with van der Waals surface area (Å²) in [7, 11) is 0. The minimum Gasteiger partial charge on any atom is -0.372 e. The number of nitrogens with zero attached hydrogens (tertiary/aromatic N) is 5. The predicted molar refractivity (Wildman–Crippen MR) is 126 cm³/mol. The maximum atomic E-state index is 12.3. The van der Waals surface area contributed by atoms with Crippen molar-refractivity contribution in [2.45, 2.75) is 45.3 Å². The maximum Gasteiger partial charge on any atom is 0.339 e. The SMILES string of the molecule is C[C@@H]1CN(c2cccc(-c3ccc4cnc(CC(=O)ON5C(=O)CCC5=O)cc4n3)n2)C[C@H](C)O1. The molecule has 0 spiro atoms. The van der Waals surface area contributed by atoms with Gasteiger partial charge in [0.2, 0.25) is 0 Å². The molecule has 2 aliphatic heterocycles. The minimum absolute atomic E-state index is 0.0475. The number of hydroxylamine groups is 2. The van der Waals surface area contributed by atoms with Crippen LogP contribution >= 0.6 is 0 Å². The standard InChI is InChI=1S/C25H25N5O5/c1-15-13-29(14-16(2)34-15)22-5-3-4-19(28-22)20-7-6-17-12-26-18(10-21(17)27-20)11-25(33)35-30-23(31)8-9-24(30)32/h3-7,10,12,15-16H,8-9,11,13-14H2,1-2H3/t15-,16+. The maximum absolute atomic E-state index is 12.3. The van der Waals surface area contributed by atoms with E-state index in [1.807, 2.05) is 30.3 Å². The summed E-state index contributed by atoms with van der Waals surface area (Å²) in [4.78, 5) is 56.6. The summed E-state index contributed by atoms with van der Waals surface area (Å²) in [5.41, 5.74) is 2.50. The van der Waals surface area contributed by atoms with E-state index in [0.717, 1.165) is 30.0 Å². The molecule has 0 saturated carbocycles. The second-order valence-electron chi connectivity index (χ2n) is 8.83. The van der Waals surface area contributed by atoms with Gasteiger partial charge in [-0.05, 0) is 44.2 Å². The van der Waals surface area contributed by atoms with Crippen LogP contribution in [0.4, 0.5) is 5.82 Å². The highest BCUT2D eigenvalue weighted by Gasteiger charge is 2.33. The summed E-state index contributed by atoms with van der Waals surface area (Å²) in [6.45, 7) is 5.65. The first-order chi connectivity index (χ1) is 16.9. The molecule has 0 aliphatic carbocycles. The second kappa shape index (κ2) is 9.38. The number of pyridine rings is 3. The molecule has 0 aromatic carbocycles. The van der Waals surface area contributed by atoms with Crippen molar-refractivity contribution in [2.75, 3.05) is 18.0 Å². The zero-order chi connectivity index (χ0) is 24.5. The lowest BCUT2D eigenvalue weighted by molar-refractivity contribution is -0.197. The quantitative estimate of drug-likeness (QED) is 0.513. The van der Waals surface area contributed by atoms with E-state index in [-0.39, 0.29) is 31.5 Å².